The lowest BCUT2D eigenvalue weighted by atomic mass is 9.94. The molecule has 1 aliphatic heterocycles. The lowest BCUT2D eigenvalue weighted by molar-refractivity contribution is -0.0615. The van der Waals surface area contributed by atoms with Gasteiger partial charge in [-0.3, -0.25) is 0 Å². The molecular formula is C10H21NO4S. The average Bonchev–Trinajstić information content (AvgIpc) is 2.11. The zero-order valence-electron chi connectivity index (χ0n) is 10.1. The largest absolute Gasteiger partial charge is 0.387 e. The number of sulfonamides is 1. The summed E-state index contributed by atoms with van der Waals surface area (Å²) in [5, 5.41) is 9.73. The molecule has 6 heteroatoms. The van der Waals surface area contributed by atoms with E-state index < -0.39 is 15.6 Å². The van der Waals surface area contributed by atoms with Crippen LogP contribution >= 0.6 is 0 Å². The Morgan fingerprint density at radius 3 is 2.44 bits per heavy atom. The summed E-state index contributed by atoms with van der Waals surface area (Å²) in [7, 11) is -3.25. The first kappa shape index (κ1) is 13.9. The Bertz CT molecular complexity index is 320. The van der Waals surface area contributed by atoms with Crippen LogP contribution in [-0.2, 0) is 14.8 Å². The Labute approximate surface area is 97.4 Å². The van der Waals surface area contributed by atoms with Gasteiger partial charge in [0, 0.05) is 13.1 Å². The number of aliphatic hydroxyl groups is 1. The molecule has 0 atom stereocenters. The van der Waals surface area contributed by atoms with Crippen molar-refractivity contribution in [2.24, 2.45) is 0 Å². The van der Waals surface area contributed by atoms with E-state index in [2.05, 4.69) is 0 Å². The van der Waals surface area contributed by atoms with Crippen LogP contribution in [-0.4, -0.2) is 55.0 Å². The van der Waals surface area contributed by atoms with E-state index in [0.29, 0.717) is 6.42 Å². The second-order valence-corrected chi connectivity index (χ2v) is 6.67. The Balaban J connectivity index is 2.37. The van der Waals surface area contributed by atoms with Gasteiger partial charge in [0.15, 0.2) is 0 Å². The number of hydrogen-bond donors (Lipinski definition) is 1. The molecule has 0 saturated carbocycles. The van der Waals surface area contributed by atoms with Gasteiger partial charge in [0.05, 0.1) is 24.1 Å². The highest BCUT2D eigenvalue weighted by Crippen LogP contribution is 2.26. The SMILES string of the molecule is CCC1(O)CN(S(=O)(=O)CCOC(C)C)C1. The van der Waals surface area contributed by atoms with Crippen LogP contribution in [0, 0.1) is 0 Å². The Morgan fingerprint density at radius 1 is 1.44 bits per heavy atom. The fourth-order valence-corrected chi connectivity index (χ4v) is 2.99. The summed E-state index contributed by atoms with van der Waals surface area (Å²) in [5.41, 5.74) is -0.814. The predicted octanol–water partition coefficient (Wildman–Crippen LogP) is 0.198. The third kappa shape index (κ3) is 3.41. The van der Waals surface area contributed by atoms with Crippen LogP contribution in [0.2, 0.25) is 0 Å². The molecule has 1 rings (SSSR count). The van der Waals surface area contributed by atoms with Gasteiger partial charge in [-0.25, -0.2) is 8.42 Å². The first-order valence-corrected chi connectivity index (χ1v) is 7.22. The summed E-state index contributed by atoms with van der Waals surface area (Å²) in [6, 6.07) is 0. The van der Waals surface area contributed by atoms with E-state index in [9.17, 15) is 13.5 Å². The van der Waals surface area contributed by atoms with Crippen LogP contribution in [0.25, 0.3) is 0 Å². The lowest BCUT2D eigenvalue weighted by Crippen LogP contribution is -2.63. The molecule has 0 radical (unpaired) electrons. The van der Waals surface area contributed by atoms with E-state index in [1.165, 1.54) is 4.31 Å². The van der Waals surface area contributed by atoms with Crippen LogP contribution in [0.3, 0.4) is 0 Å². The Kier molecular flexibility index (Phi) is 4.34. The smallest absolute Gasteiger partial charge is 0.216 e. The monoisotopic (exact) mass is 251 g/mol. The highest BCUT2D eigenvalue weighted by Gasteiger charge is 2.45. The average molecular weight is 251 g/mol. The minimum absolute atomic E-state index is 0.00895. The Hall–Kier alpha value is -0.170. The van der Waals surface area contributed by atoms with Crippen LogP contribution in [0.15, 0.2) is 0 Å². The van der Waals surface area contributed by atoms with Crippen LogP contribution in [0.4, 0.5) is 0 Å². The van der Waals surface area contributed by atoms with Gasteiger partial charge in [0.2, 0.25) is 10.0 Å². The molecule has 5 nitrogen and oxygen atoms in total. The lowest BCUT2D eigenvalue weighted by Gasteiger charge is -2.44. The third-order valence-corrected chi connectivity index (χ3v) is 4.51. The van der Waals surface area contributed by atoms with Crippen molar-refractivity contribution < 1.29 is 18.3 Å². The van der Waals surface area contributed by atoms with Crippen molar-refractivity contribution in [2.45, 2.75) is 38.9 Å². The fourth-order valence-electron chi connectivity index (χ4n) is 1.55. The zero-order chi connectivity index (χ0) is 12.4. The van der Waals surface area contributed by atoms with E-state index in [1.54, 1.807) is 0 Å². The van der Waals surface area contributed by atoms with Crippen molar-refractivity contribution in [1.29, 1.82) is 0 Å². The fraction of sp³-hybridized carbons (Fsp3) is 1.00. The molecule has 1 saturated heterocycles. The minimum atomic E-state index is -3.25. The van der Waals surface area contributed by atoms with Crippen molar-refractivity contribution in [3.05, 3.63) is 0 Å². The summed E-state index contributed by atoms with van der Waals surface area (Å²) in [6.07, 6.45) is 0.626. The van der Waals surface area contributed by atoms with Crippen molar-refractivity contribution in [2.75, 3.05) is 25.4 Å². The number of hydrogen-bond acceptors (Lipinski definition) is 4. The molecule has 0 aromatic carbocycles. The molecule has 0 aromatic rings. The Morgan fingerprint density at radius 2 is 2.00 bits per heavy atom. The zero-order valence-corrected chi connectivity index (χ0v) is 11.0. The van der Waals surface area contributed by atoms with Gasteiger partial charge in [0.25, 0.3) is 0 Å². The van der Waals surface area contributed by atoms with E-state index in [0.717, 1.165) is 0 Å². The van der Waals surface area contributed by atoms with Crippen LogP contribution in [0.5, 0.6) is 0 Å². The number of ether oxygens (including phenoxy) is 1. The van der Waals surface area contributed by atoms with Crippen LogP contribution in [0.1, 0.15) is 27.2 Å². The summed E-state index contributed by atoms with van der Waals surface area (Å²) in [4.78, 5) is 0. The highest BCUT2D eigenvalue weighted by atomic mass is 32.2. The van der Waals surface area contributed by atoms with Gasteiger partial charge in [-0.15, -0.1) is 0 Å². The molecule has 16 heavy (non-hydrogen) atoms. The molecule has 1 N–H and O–H groups in total. The van der Waals surface area contributed by atoms with Crippen molar-refractivity contribution in [3.8, 4) is 0 Å². The molecule has 1 aliphatic rings. The van der Waals surface area contributed by atoms with Gasteiger partial charge >= 0.3 is 0 Å². The highest BCUT2D eigenvalue weighted by molar-refractivity contribution is 7.89. The quantitative estimate of drug-likeness (QED) is 0.732. The van der Waals surface area contributed by atoms with E-state index >= 15 is 0 Å². The second kappa shape index (κ2) is 5.00. The maximum Gasteiger partial charge on any atom is 0.216 e. The number of β-amino-alcohol motifs (C(OH)–C–C–N with tert-alkyl or cyclic N) is 1. The maximum atomic E-state index is 11.7. The van der Waals surface area contributed by atoms with Crippen LogP contribution < -0.4 is 0 Å². The maximum absolute atomic E-state index is 11.7. The third-order valence-electron chi connectivity index (χ3n) is 2.79. The van der Waals surface area contributed by atoms with Crippen molar-refractivity contribution in [3.63, 3.8) is 0 Å². The molecular weight excluding hydrogens is 230 g/mol. The van der Waals surface area contributed by atoms with Gasteiger partial charge in [-0.05, 0) is 20.3 Å². The van der Waals surface area contributed by atoms with Crippen molar-refractivity contribution in [1.82, 2.24) is 4.31 Å². The van der Waals surface area contributed by atoms with Crippen molar-refractivity contribution >= 4 is 10.0 Å². The normalized spacial score (nSPS) is 21.1. The molecule has 0 spiro atoms. The summed E-state index contributed by atoms with van der Waals surface area (Å²) < 4.78 is 30.0. The standard InChI is InChI=1S/C10H21NO4S/c1-4-10(12)7-11(8-10)16(13,14)6-5-15-9(2)3/h9,12H,4-8H2,1-3H3. The van der Waals surface area contributed by atoms with Gasteiger partial charge in [-0.1, -0.05) is 6.92 Å². The molecule has 1 fully saturated rings. The first-order chi connectivity index (χ1) is 7.29. The molecule has 96 valence electrons. The van der Waals surface area contributed by atoms with Gasteiger partial charge in [0.1, 0.15) is 0 Å². The van der Waals surface area contributed by atoms with Gasteiger partial charge < -0.3 is 9.84 Å². The molecule has 0 aromatic heterocycles. The first-order valence-electron chi connectivity index (χ1n) is 5.61. The number of nitrogens with zero attached hydrogens (tertiary/aromatic N) is 1. The second-order valence-electron chi connectivity index (χ2n) is 4.58. The molecule has 1 heterocycles. The summed E-state index contributed by atoms with van der Waals surface area (Å²) in [5.74, 6) is -0.00895. The van der Waals surface area contributed by atoms with E-state index in [-0.39, 0.29) is 31.6 Å². The predicted molar refractivity (Wildman–Crippen MR) is 61.7 cm³/mol. The molecule has 0 amide bonds. The molecule has 0 bridgehead atoms. The minimum Gasteiger partial charge on any atom is -0.387 e. The van der Waals surface area contributed by atoms with E-state index in [1.807, 2.05) is 20.8 Å². The summed E-state index contributed by atoms with van der Waals surface area (Å²) >= 11 is 0. The van der Waals surface area contributed by atoms with Gasteiger partial charge in [-0.2, -0.15) is 4.31 Å². The molecule has 0 aliphatic carbocycles. The summed E-state index contributed by atoms with van der Waals surface area (Å²) in [6.45, 7) is 6.23. The molecule has 0 unspecified atom stereocenters. The topological polar surface area (TPSA) is 66.8 Å². The van der Waals surface area contributed by atoms with E-state index in [4.69, 9.17) is 4.74 Å². The number of rotatable bonds is 6.